The maximum absolute atomic E-state index is 12.2. The monoisotopic (exact) mass is 456 g/mol. The summed E-state index contributed by atoms with van der Waals surface area (Å²) in [5.74, 6) is 1.17. The first kappa shape index (κ1) is 22.5. The highest BCUT2D eigenvalue weighted by molar-refractivity contribution is 5.98. The lowest BCUT2D eigenvalue weighted by Crippen LogP contribution is -2.29. The molecule has 5 heteroatoms. The van der Waals surface area contributed by atoms with Gasteiger partial charge in [-0.1, -0.05) is 24.3 Å². The molecule has 0 atom stereocenters. The van der Waals surface area contributed by atoms with Gasteiger partial charge in [-0.15, -0.1) is 0 Å². The van der Waals surface area contributed by atoms with Crippen LogP contribution in [0.2, 0.25) is 0 Å². The average Bonchev–Trinajstić information content (AvgIpc) is 3.23. The van der Waals surface area contributed by atoms with Crippen molar-refractivity contribution >= 4 is 33.4 Å². The van der Waals surface area contributed by atoms with E-state index < -0.39 is 5.60 Å². The Labute approximate surface area is 200 Å². The summed E-state index contributed by atoms with van der Waals surface area (Å²) in [6, 6.07) is 17.0. The molecule has 1 N–H and O–H groups in total. The summed E-state index contributed by atoms with van der Waals surface area (Å²) < 4.78 is 11.6. The van der Waals surface area contributed by atoms with Crippen molar-refractivity contribution in [2.24, 2.45) is 5.92 Å². The molecule has 1 aliphatic rings. The van der Waals surface area contributed by atoms with Crippen LogP contribution >= 0.6 is 0 Å². The molecular weight excluding hydrogens is 424 g/mol. The number of aromatic nitrogens is 1. The van der Waals surface area contributed by atoms with Gasteiger partial charge in [-0.2, -0.15) is 0 Å². The van der Waals surface area contributed by atoms with E-state index in [1.165, 1.54) is 0 Å². The van der Waals surface area contributed by atoms with Crippen molar-refractivity contribution in [2.45, 2.75) is 64.5 Å². The van der Waals surface area contributed by atoms with E-state index in [0.717, 1.165) is 64.4 Å². The maximum atomic E-state index is 12.2. The molecule has 0 bridgehead atoms. The number of nitrogens with one attached hydrogen (secondary N) is 1. The smallest absolute Gasteiger partial charge is 0.306 e. The second-order valence-electron chi connectivity index (χ2n) is 10.4. The molecule has 2 heterocycles. The quantitative estimate of drug-likeness (QED) is 0.318. The van der Waals surface area contributed by atoms with Gasteiger partial charge in [0, 0.05) is 46.9 Å². The molecule has 4 aromatic rings. The van der Waals surface area contributed by atoms with Crippen molar-refractivity contribution in [3.63, 3.8) is 0 Å². The predicted molar refractivity (Wildman–Crippen MR) is 137 cm³/mol. The number of carbonyl (C=O) groups is 1. The largest absolute Gasteiger partial charge is 0.460 e. The Morgan fingerprint density at radius 3 is 2.59 bits per heavy atom. The van der Waals surface area contributed by atoms with Crippen molar-refractivity contribution in [2.75, 3.05) is 5.32 Å². The Morgan fingerprint density at radius 2 is 1.82 bits per heavy atom. The number of nitrogens with zero attached hydrogens (tertiary/aromatic N) is 1. The molecule has 2 aromatic carbocycles. The molecular formula is C29H32N2O3. The van der Waals surface area contributed by atoms with E-state index >= 15 is 0 Å². The van der Waals surface area contributed by atoms with Crippen LogP contribution in [0.25, 0.3) is 33.1 Å². The number of fused-ring (bicyclic) bond motifs is 2. The first-order chi connectivity index (χ1) is 16.3. The molecule has 0 amide bonds. The maximum Gasteiger partial charge on any atom is 0.306 e. The van der Waals surface area contributed by atoms with Gasteiger partial charge < -0.3 is 14.5 Å². The van der Waals surface area contributed by atoms with E-state index in [1.807, 2.05) is 51.4 Å². The molecule has 176 valence electrons. The molecule has 0 spiro atoms. The molecule has 0 radical (unpaired) electrons. The number of hydrogen-bond donors (Lipinski definition) is 1. The van der Waals surface area contributed by atoms with Crippen LogP contribution in [0.4, 0.5) is 5.69 Å². The standard InChI is InChI=1S/C29H32N2O3/c1-29(2,3)34-28(32)14-19-8-11-22(12-9-19)31-23-13-10-21-17-30-18-25(24(21)16-23)27-15-20-6-4-5-7-26(20)33-27/h4-7,10,13,15-19,22,31H,8-9,11-12,14H2,1-3H3. The SMILES string of the molecule is CC(C)(C)OC(=O)CC1CCC(Nc2ccc3cncc(-c4cc5ccccc5o4)c3c2)CC1. The zero-order valence-electron chi connectivity index (χ0n) is 20.1. The molecule has 34 heavy (non-hydrogen) atoms. The number of carbonyl (C=O) groups excluding carboxylic acids is 1. The predicted octanol–water partition coefficient (Wildman–Crippen LogP) is 7.35. The Bertz CT molecular complexity index is 1280. The van der Waals surface area contributed by atoms with Crippen LogP contribution < -0.4 is 5.32 Å². The fraction of sp³-hybridized carbons (Fsp3) is 0.379. The highest BCUT2D eigenvalue weighted by Gasteiger charge is 2.25. The Hall–Kier alpha value is -3.34. The number of para-hydroxylation sites is 1. The number of furan rings is 1. The first-order valence-electron chi connectivity index (χ1n) is 12.2. The molecule has 2 aromatic heterocycles. The van der Waals surface area contributed by atoms with Gasteiger partial charge in [-0.25, -0.2) is 0 Å². The summed E-state index contributed by atoms with van der Waals surface area (Å²) in [5, 5.41) is 7.02. The zero-order valence-corrected chi connectivity index (χ0v) is 20.1. The summed E-state index contributed by atoms with van der Waals surface area (Å²) in [6.07, 6.45) is 8.49. The fourth-order valence-corrected chi connectivity index (χ4v) is 4.93. The molecule has 0 saturated heterocycles. The van der Waals surface area contributed by atoms with Crippen LogP contribution in [0.15, 0.2) is 65.3 Å². The van der Waals surface area contributed by atoms with Gasteiger partial charge in [0.15, 0.2) is 0 Å². The number of benzene rings is 2. The molecule has 1 fully saturated rings. The summed E-state index contributed by atoms with van der Waals surface area (Å²) in [7, 11) is 0. The van der Waals surface area contributed by atoms with Crippen LogP contribution in [0.3, 0.4) is 0 Å². The minimum Gasteiger partial charge on any atom is -0.460 e. The molecule has 0 aliphatic heterocycles. The first-order valence-corrected chi connectivity index (χ1v) is 12.2. The Kier molecular flexibility index (Phi) is 6.03. The number of pyridine rings is 1. The molecule has 1 saturated carbocycles. The molecule has 5 rings (SSSR count). The van der Waals surface area contributed by atoms with Gasteiger partial charge >= 0.3 is 5.97 Å². The van der Waals surface area contributed by atoms with Gasteiger partial charge in [-0.3, -0.25) is 9.78 Å². The van der Waals surface area contributed by atoms with Crippen LogP contribution in [0.5, 0.6) is 0 Å². The van der Waals surface area contributed by atoms with E-state index in [1.54, 1.807) is 0 Å². The van der Waals surface area contributed by atoms with Gasteiger partial charge in [0.25, 0.3) is 0 Å². The number of ether oxygens (including phenoxy) is 1. The molecule has 0 unspecified atom stereocenters. The highest BCUT2D eigenvalue weighted by atomic mass is 16.6. The molecule has 1 aliphatic carbocycles. The van der Waals surface area contributed by atoms with E-state index in [4.69, 9.17) is 9.15 Å². The Balaban J connectivity index is 1.28. The topological polar surface area (TPSA) is 64.4 Å². The van der Waals surface area contributed by atoms with E-state index in [9.17, 15) is 4.79 Å². The average molecular weight is 457 g/mol. The number of hydrogen-bond acceptors (Lipinski definition) is 5. The lowest BCUT2D eigenvalue weighted by atomic mass is 9.84. The third-order valence-electron chi connectivity index (χ3n) is 6.54. The fourth-order valence-electron chi connectivity index (χ4n) is 4.93. The van der Waals surface area contributed by atoms with Gasteiger partial charge in [0.1, 0.15) is 16.9 Å². The lowest BCUT2D eigenvalue weighted by molar-refractivity contribution is -0.156. The van der Waals surface area contributed by atoms with E-state index in [2.05, 4.69) is 40.6 Å². The molecule has 5 nitrogen and oxygen atoms in total. The van der Waals surface area contributed by atoms with Gasteiger partial charge in [0.05, 0.1) is 0 Å². The number of anilines is 1. The van der Waals surface area contributed by atoms with Crippen molar-refractivity contribution < 1.29 is 13.9 Å². The minimum atomic E-state index is -0.414. The van der Waals surface area contributed by atoms with Gasteiger partial charge in [0.2, 0.25) is 0 Å². The third-order valence-corrected chi connectivity index (χ3v) is 6.54. The van der Waals surface area contributed by atoms with Crippen LogP contribution in [0.1, 0.15) is 52.9 Å². The lowest BCUT2D eigenvalue weighted by Gasteiger charge is -2.30. The normalized spacial score (nSPS) is 18.8. The van der Waals surface area contributed by atoms with Crippen LogP contribution in [-0.2, 0) is 9.53 Å². The summed E-state index contributed by atoms with van der Waals surface area (Å²) >= 11 is 0. The van der Waals surface area contributed by atoms with Crippen LogP contribution in [0, 0.1) is 5.92 Å². The highest BCUT2D eigenvalue weighted by Crippen LogP contribution is 2.35. The second-order valence-corrected chi connectivity index (χ2v) is 10.4. The van der Waals surface area contributed by atoms with Crippen molar-refractivity contribution in [3.8, 4) is 11.3 Å². The van der Waals surface area contributed by atoms with Gasteiger partial charge in [-0.05, 0) is 82.0 Å². The van der Waals surface area contributed by atoms with Crippen molar-refractivity contribution in [3.05, 3.63) is 60.9 Å². The van der Waals surface area contributed by atoms with Crippen molar-refractivity contribution in [1.82, 2.24) is 4.98 Å². The van der Waals surface area contributed by atoms with Crippen LogP contribution in [-0.4, -0.2) is 22.6 Å². The summed E-state index contributed by atoms with van der Waals surface area (Å²) in [4.78, 5) is 16.6. The minimum absolute atomic E-state index is 0.0786. The number of rotatable bonds is 5. The summed E-state index contributed by atoms with van der Waals surface area (Å²) in [6.45, 7) is 5.76. The second kappa shape index (κ2) is 9.13. The zero-order chi connectivity index (χ0) is 23.7. The summed E-state index contributed by atoms with van der Waals surface area (Å²) in [5.41, 5.74) is 2.57. The third kappa shape index (κ3) is 5.09. The van der Waals surface area contributed by atoms with E-state index in [0.29, 0.717) is 18.4 Å². The van der Waals surface area contributed by atoms with E-state index in [-0.39, 0.29) is 5.97 Å². The number of esters is 1. The van der Waals surface area contributed by atoms with Crippen molar-refractivity contribution in [1.29, 1.82) is 0 Å². The Morgan fingerprint density at radius 1 is 1.03 bits per heavy atom.